The predicted molar refractivity (Wildman–Crippen MR) is 73.1 cm³/mol. The molecule has 2 aromatic rings. The van der Waals surface area contributed by atoms with Crippen LogP contribution in [0.15, 0.2) is 12.4 Å². The standard InChI is InChI=1S/C11H16N6OS/c1-3-4-12-11-16-15-9(19-11)10(18)17(2)7-8-5-13-14-6-8/h5-6H,3-4,7H2,1-2H3,(H,12,16)(H,13,14). The molecule has 0 atom stereocenters. The van der Waals surface area contributed by atoms with Crippen LogP contribution in [-0.2, 0) is 6.54 Å². The van der Waals surface area contributed by atoms with Crippen LogP contribution < -0.4 is 5.32 Å². The fourth-order valence-electron chi connectivity index (χ4n) is 1.49. The Morgan fingerprint density at radius 3 is 3.05 bits per heavy atom. The Bertz CT molecular complexity index is 523. The van der Waals surface area contributed by atoms with E-state index in [2.05, 4.69) is 32.6 Å². The van der Waals surface area contributed by atoms with Gasteiger partial charge in [-0.1, -0.05) is 18.3 Å². The number of anilines is 1. The van der Waals surface area contributed by atoms with Crippen molar-refractivity contribution in [2.75, 3.05) is 18.9 Å². The van der Waals surface area contributed by atoms with E-state index in [0.29, 0.717) is 16.7 Å². The Labute approximate surface area is 115 Å². The van der Waals surface area contributed by atoms with Gasteiger partial charge in [0.2, 0.25) is 10.1 Å². The molecule has 0 radical (unpaired) electrons. The molecule has 0 aliphatic heterocycles. The zero-order valence-corrected chi connectivity index (χ0v) is 11.7. The Morgan fingerprint density at radius 2 is 2.37 bits per heavy atom. The smallest absolute Gasteiger partial charge is 0.284 e. The lowest BCUT2D eigenvalue weighted by Gasteiger charge is -2.13. The molecule has 0 unspecified atom stereocenters. The van der Waals surface area contributed by atoms with Gasteiger partial charge in [-0.25, -0.2) is 0 Å². The average molecular weight is 280 g/mol. The number of carbonyl (C=O) groups is 1. The van der Waals surface area contributed by atoms with Crippen molar-refractivity contribution in [2.45, 2.75) is 19.9 Å². The van der Waals surface area contributed by atoms with E-state index in [1.807, 2.05) is 0 Å². The van der Waals surface area contributed by atoms with E-state index in [1.165, 1.54) is 11.3 Å². The van der Waals surface area contributed by atoms with Crippen LogP contribution >= 0.6 is 11.3 Å². The number of H-pyrrole nitrogens is 1. The van der Waals surface area contributed by atoms with Gasteiger partial charge < -0.3 is 10.2 Å². The lowest BCUT2D eigenvalue weighted by atomic mass is 10.3. The van der Waals surface area contributed by atoms with E-state index in [0.717, 1.165) is 18.5 Å². The third-order valence-corrected chi connectivity index (χ3v) is 3.32. The predicted octanol–water partition coefficient (Wildman–Crippen LogP) is 1.36. The second-order valence-electron chi connectivity index (χ2n) is 4.11. The van der Waals surface area contributed by atoms with Gasteiger partial charge in [-0.3, -0.25) is 9.89 Å². The molecule has 0 saturated heterocycles. The fourth-order valence-corrected chi connectivity index (χ4v) is 2.25. The molecule has 0 aliphatic carbocycles. The fraction of sp³-hybridized carbons (Fsp3) is 0.455. The average Bonchev–Trinajstić information content (AvgIpc) is 3.06. The molecular formula is C11H16N6OS. The normalized spacial score (nSPS) is 10.4. The molecule has 2 aromatic heterocycles. The summed E-state index contributed by atoms with van der Waals surface area (Å²) < 4.78 is 0. The highest BCUT2D eigenvalue weighted by molar-refractivity contribution is 7.17. The summed E-state index contributed by atoms with van der Waals surface area (Å²) in [6.07, 6.45) is 4.46. The molecular weight excluding hydrogens is 264 g/mol. The number of rotatable bonds is 6. The van der Waals surface area contributed by atoms with E-state index >= 15 is 0 Å². The minimum absolute atomic E-state index is 0.136. The van der Waals surface area contributed by atoms with Crippen molar-refractivity contribution < 1.29 is 4.79 Å². The molecule has 0 aromatic carbocycles. The minimum Gasteiger partial charge on any atom is -0.360 e. The molecule has 0 saturated carbocycles. The van der Waals surface area contributed by atoms with Gasteiger partial charge in [0, 0.05) is 31.9 Å². The monoisotopic (exact) mass is 280 g/mol. The quantitative estimate of drug-likeness (QED) is 0.834. The van der Waals surface area contributed by atoms with Gasteiger partial charge in [-0.15, -0.1) is 10.2 Å². The van der Waals surface area contributed by atoms with Crippen LogP contribution in [0.4, 0.5) is 5.13 Å². The maximum Gasteiger partial charge on any atom is 0.284 e. The van der Waals surface area contributed by atoms with E-state index in [9.17, 15) is 4.79 Å². The van der Waals surface area contributed by atoms with Gasteiger partial charge >= 0.3 is 0 Å². The van der Waals surface area contributed by atoms with Crippen molar-refractivity contribution in [3.8, 4) is 0 Å². The molecule has 0 aliphatic rings. The highest BCUT2D eigenvalue weighted by Crippen LogP contribution is 2.17. The van der Waals surface area contributed by atoms with Crippen molar-refractivity contribution in [3.05, 3.63) is 23.0 Å². The maximum absolute atomic E-state index is 12.1. The van der Waals surface area contributed by atoms with Gasteiger partial charge in [-0.05, 0) is 6.42 Å². The zero-order valence-electron chi connectivity index (χ0n) is 10.9. The highest BCUT2D eigenvalue weighted by Gasteiger charge is 2.17. The molecule has 2 rings (SSSR count). The molecule has 2 N–H and O–H groups in total. The number of nitrogens with zero attached hydrogens (tertiary/aromatic N) is 4. The molecule has 102 valence electrons. The molecule has 0 spiro atoms. The summed E-state index contributed by atoms with van der Waals surface area (Å²) >= 11 is 1.27. The number of nitrogens with one attached hydrogen (secondary N) is 2. The second-order valence-corrected chi connectivity index (χ2v) is 5.08. The Hall–Kier alpha value is -1.96. The SMILES string of the molecule is CCCNc1nnc(C(=O)N(C)Cc2cn[nH]c2)s1. The number of carbonyl (C=O) groups excluding carboxylic acids is 1. The first-order chi connectivity index (χ1) is 9.20. The summed E-state index contributed by atoms with van der Waals surface area (Å²) in [6, 6.07) is 0. The summed E-state index contributed by atoms with van der Waals surface area (Å²) in [5.41, 5.74) is 0.949. The van der Waals surface area contributed by atoms with Gasteiger partial charge in [0.25, 0.3) is 5.91 Å². The summed E-state index contributed by atoms with van der Waals surface area (Å²) in [6.45, 7) is 3.39. The Kier molecular flexibility index (Phi) is 4.45. The number of aromatic amines is 1. The summed E-state index contributed by atoms with van der Waals surface area (Å²) in [7, 11) is 1.73. The third kappa shape index (κ3) is 3.50. The van der Waals surface area contributed by atoms with Gasteiger partial charge in [0.1, 0.15) is 0 Å². The van der Waals surface area contributed by atoms with Gasteiger partial charge in [0.05, 0.1) is 6.20 Å². The van der Waals surface area contributed by atoms with Crippen molar-refractivity contribution >= 4 is 22.4 Å². The van der Waals surface area contributed by atoms with Crippen molar-refractivity contribution in [1.82, 2.24) is 25.3 Å². The lowest BCUT2D eigenvalue weighted by molar-refractivity contribution is 0.0784. The van der Waals surface area contributed by atoms with E-state index in [-0.39, 0.29) is 5.91 Å². The summed E-state index contributed by atoms with van der Waals surface area (Å²) in [5, 5.41) is 18.6. The van der Waals surface area contributed by atoms with Crippen molar-refractivity contribution in [3.63, 3.8) is 0 Å². The van der Waals surface area contributed by atoms with Crippen LogP contribution in [0.5, 0.6) is 0 Å². The molecule has 0 bridgehead atoms. The van der Waals surface area contributed by atoms with E-state index in [4.69, 9.17) is 0 Å². The number of aromatic nitrogens is 4. The third-order valence-electron chi connectivity index (χ3n) is 2.46. The first-order valence-corrected chi connectivity index (χ1v) is 6.83. The topological polar surface area (TPSA) is 86.8 Å². The molecule has 2 heterocycles. The van der Waals surface area contributed by atoms with Crippen LogP contribution in [0.3, 0.4) is 0 Å². The maximum atomic E-state index is 12.1. The second kappa shape index (κ2) is 6.28. The molecule has 1 amide bonds. The lowest BCUT2D eigenvalue weighted by Crippen LogP contribution is -2.25. The molecule has 7 nitrogen and oxygen atoms in total. The van der Waals surface area contributed by atoms with Crippen LogP contribution in [0.25, 0.3) is 0 Å². The molecule has 0 fully saturated rings. The van der Waals surface area contributed by atoms with Gasteiger partial charge in [0.15, 0.2) is 0 Å². The number of hydrogen-bond donors (Lipinski definition) is 2. The van der Waals surface area contributed by atoms with Crippen molar-refractivity contribution in [1.29, 1.82) is 0 Å². The largest absolute Gasteiger partial charge is 0.360 e. The minimum atomic E-state index is -0.136. The van der Waals surface area contributed by atoms with Gasteiger partial charge in [-0.2, -0.15) is 5.10 Å². The van der Waals surface area contributed by atoms with Crippen LogP contribution in [0.2, 0.25) is 0 Å². The van der Waals surface area contributed by atoms with E-state index in [1.54, 1.807) is 24.3 Å². The number of amides is 1. The molecule has 8 heteroatoms. The Morgan fingerprint density at radius 1 is 1.53 bits per heavy atom. The summed E-state index contributed by atoms with van der Waals surface area (Å²) in [5.74, 6) is -0.136. The molecule has 19 heavy (non-hydrogen) atoms. The highest BCUT2D eigenvalue weighted by atomic mass is 32.1. The first-order valence-electron chi connectivity index (χ1n) is 6.01. The Balaban J connectivity index is 1.96. The van der Waals surface area contributed by atoms with Crippen LogP contribution in [0.1, 0.15) is 28.7 Å². The van der Waals surface area contributed by atoms with E-state index < -0.39 is 0 Å². The van der Waals surface area contributed by atoms with Crippen LogP contribution in [0, 0.1) is 0 Å². The number of hydrogen-bond acceptors (Lipinski definition) is 6. The summed E-state index contributed by atoms with van der Waals surface area (Å²) in [4.78, 5) is 13.7. The zero-order chi connectivity index (χ0) is 13.7. The van der Waals surface area contributed by atoms with Crippen LogP contribution in [-0.4, -0.2) is 44.8 Å². The first kappa shape index (κ1) is 13.5. The van der Waals surface area contributed by atoms with Crippen molar-refractivity contribution in [2.24, 2.45) is 0 Å².